The average Bonchev–Trinajstić information content (AvgIpc) is 3.60. The minimum Gasteiger partial charge on any atom is -0.496 e. The van der Waals surface area contributed by atoms with Gasteiger partial charge in [-0.1, -0.05) is 78.7 Å². The third-order valence-corrected chi connectivity index (χ3v) is 8.54. The first-order chi connectivity index (χ1) is 20.9. The van der Waals surface area contributed by atoms with Gasteiger partial charge >= 0.3 is 5.97 Å². The van der Waals surface area contributed by atoms with E-state index < -0.39 is 12.0 Å². The lowest BCUT2D eigenvalue weighted by Gasteiger charge is -2.28. The summed E-state index contributed by atoms with van der Waals surface area (Å²) in [6, 6.07) is 21.9. The van der Waals surface area contributed by atoms with Gasteiger partial charge in [-0.3, -0.25) is 9.36 Å². The van der Waals surface area contributed by atoms with E-state index in [0.29, 0.717) is 54.9 Å². The SMILES string of the molecule is CCCC1=C(C(=O)OCC)C(c2c(OC)ccc3ccccc23)n2c(sc(=Cc3ccc(-c4cccc(Cl)c4)o3)c2=O)=N1. The number of esters is 1. The first-order valence-electron chi connectivity index (χ1n) is 14.1. The highest BCUT2D eigenvalue weighted by Gasteiger charge is 2.37. The number of carbonyl (C=O) groups is 1. The van der Waals surface area contributed by atoms with Crippen LogP contribution in [0.25, 0.3) is 28.2 Å². The highest BCUT2D eigenvalue weighted by Crippen LogP contribution is 2.41. The minimum atomic E-state index is -0.807. The monoisotopic (exact) mass is 612 g/mol. The molecule has 1 aliphatic heterocycles. The van der Waals surface area contributed by atoms with E-state index in [0.717, 1.165) is 22.8 Å². The summed E-state index contributed by atoms with van der Waals surface area (Å²) >= 11 is 7.43. The number of hydrogen-bond donors (Lipinski definition) is 0. The Morgan fingerprint density at radius 3 is 2.70 bits per heavy atom. The molecule has 218 valence electrons. The number of fused-ring (bicyclic) bond motifs is 2. The van der Waals surface area contributed by atoms with E-state index in [4.69, 9.17) is 30.5 Å². The van der Waals surface area contributed by atoms with Crippen molar-refractivity contribution in [2.24, 2.45) is 4.99 Å². The molecule has 7 nitrogen and oxygen atoms in total. The van der Waals surface area contributed by atoms with E-state index in [9.17, 15) is 9.59 Å². The number of furan rings is 1. The van der Waals surface area contributed by atoms with E-state index >= 15 is 0 Å². The van der Waals surface area contributed by atoms with Crippen LogP contribution in [0.2, 0.25) is 5.02 Å². The number of carbonyl (C=O) groups excluding carboxylic acids is 1. The number of allylic oxidation sites excluding steroid dienone is 1. The second-order valence-corrected chi connectivity index (χ2v) is 11.5. The van der Waals surface area contributed by atoms with Crippen molar-refractivity contribution in [2.45, 2.75) is 32.7 Å². The molecule has 1 aliphatic rings. The summed E-state index contributed by atoms with van der Waals surface area (Å²) in [6.07, 6.45) is 3.02. The largest absolute Gasteiger partial charge is 0.496 e. The molecule has 1 unspecified atom stereocenters. The molecule has 0 saturated heterocycles. The van der Waals surface area contributed by atoms with Crippen molar-refractivity contribution >= 4 is 45.8 Å². The molecule has 3 aromatic carbocycles. The second kappa shape index (κ2) is 12.1. The molecular weight excluding hydrogens is 584 g/mol. The Bertz CT molecular complexity index is 2070. The van der Waals surface area contributed by atoms with Crippen LogP contribution in [0.4, 0.5) is 0 Å². The van der Waals surface area contributed by atoms with Crippen LogP contribution in [-0.4, -0.2) is 24.3 Å². The van der Waals surface area contributed by atoms with Crippen LogP contribution in [0.3, 0.4) is 0 Å². The summed E-state index contributed by atoms with van der Waals surface area (Å²) in [7, 11) is 1.59. The zero-order chi connectivity index (χ0) is 30.1. The predicted molar refractivity (Wildman–Crippen MR) is 169 cm³/mol. The molecule has 0 aliphatic carbocycles. The summed E-state index contributed by atoms with van der Waals surface area (Å²) in [6.45, 7) is 3.99. The fourth-order valence-electron chi connectivity index (χ4n) is 5.49. The summed E-state index contributed by atoms with van der Waals surface area (Å²) in [4.78, 5) is 33.3. The third kappa shape index (κ3) is 5.32. The summed E-state index contributed by atoms with van der Waals surface area (Å²) in [5, 5.41) is 2.44. The molecule has 1 atom stereocenters. The Balaban J connectivity index is 1.60. The molecule has 6 rings (SSSR count). The van der Waals surface area contributed by atoms with Crippen molar-refractivity contribution in [1.82, 2.24) is 4.57 Å². The zero-order valence-corrected chi connectivity index (χ0v) is 25.5. The molecular formula is C34H29ClN2O5S. The van der Waals surface area contributed by atoms with Crippen molar-refractivity contribution in [3.8, 4) is 17.1 Å². The fourth-order valence-corrected chi connectivity index (χ4v) is 6.68. The van der Waals surface area contributed by atoms with Gasteiger partial charge in [0.15, 0.2) is 4.80 Å². The quantitative estimate of drug-likeness (QED) is 0.183. The number of nitrogens with zero attached hydrogens (tertiary/aromatic N) is 2. The van der Waals surface area contributed by atoms with E-state index in [1.165, 1.54) is 11.3 Å². The van der Waals surface area contributed by atoms with E-state index in [2.05, 4.69) is 0 Å². The molecule has 0 fully saturated rings. The van der Waals surface area contributed by atoms with Gasteiger partial charge in [-0.05, 0) is 54.4 Å². The normalized spacial score (nSPS) is 15.0. The summed E-state index contributed by atoms with van der Waals surface area (Å²) < 4.78 is 19.5. The highest BCUT2D eigenvalue weighted by atomic mass is 35.5. The topological polar surface area (TPSA) is 83.0 Å². The molecule has 0 amide bonds. The van der Waals surface area contributed by atoms with Crippen LogP contribution in [0.1, 0.15) is 44.1 Å². The molecule has 3 heterocycles. The maximum absolute atomic E-state index is 14.3. The van der Waals surface area contributed by atoms with Gasteiger partial charge in [0.1, 0.15) is 23.3 Å². The lowest BCUT2D eigenvalue weighted by Crippen LogP contribution is -2.40. The van der Waals surface area contributed by atoms with Crippen molar-refractivity contribution in [1.29, 1.82) is 0 Å². The Hall–Kier alpha value is -4.40. The van der Waals surface area contributed by atoms with Gasteiger partial charge < -0.3 is 13.9 Å². The smallest absolute Gasteiger partial charge is 0.338 e. The van der Waals surface area contributed by atoms with Gasteiger partial charge in [-0.2, -0.15) is 0 Å². The summed E-state index contributed by atoms with van der Waals surface area (Å²) in [5.74, 6) is 1.21. The number of methoxy groups -OCH3 is 1. The average molecular weight is 613 g/mol. The Morgan fingerprint density at radius 2 is 1.93 bits per heavy atom. The molecule has 0 radical (unpaired) electrons. The maximum atomic E-state index is 14.3. The Labute approximate surface area is 257 Å². The number of rotatable bonds is 8. The van der Waals surface area contributed by atoms with Crippen molar-refractivity contribution in [3.05, 3.63) is 120 Å². The van der Waals surface area contributed by atoms with Gasteiger partial charge in [0.25, 0.3) is 5.56 Å². The van der Waals surface area contributed by atoms with Crippen LogP contribution in [-0.2, 0) is 9.53 Å². The van der Waals surface area contributed by atoms with E-state index in [1.54, 1.807) is 30.7 Å². The van der Waals surface area contributed by atoms with Gasteiger partial charge in [-0.15, -0.1) is 0 Å². The van der Waals surface area contributed by atoms with E-state index in [1.807, 2.05) is 73.7 Å². The fraction of sp³-hybridized carbons (Fsp3) is 0.206. The van der Waals surface area contributed by atoms with Crippen molar-refractivity contribution in [2.75, 3.05) is 13.7 Å². The van der Waals surface area contributed by atoms with Crippen LogP contribution >= 0.6 is 22.9 Å². The van der Waals surface area contributed by atoms with Crippen LogP contribution in [0, 0.1) is 0 Å². The van der Waals surface area contributed by atoms with Gasteiger partial charge in [0.2, 0.25) is 0 Å². The van der Waals surface area contributed by atoms with Crippen LogP contribution < -0.4 is 19.6 Å². The standard InChI is InChI=1S/C34H29ClN2O5S/c1-4-9-25-30(33(39)41-5-2)31(29-24-13-7-6-10-20(24)14-16-27(29)40-3)37-32(38)28(43-34(37)36-25)19-23-15-17-26(42-23)21-11-8-12-22(35)18-21/h6-8,10-19,31H,4-5,9H2,1-3H3. The number of hydrogen-bond acceptors (Lipinski definition) is 7. The molecule has 5 aromatic rings. The van der Waals surface area contributed by atoms with Crippen LogP contribution in [0.5, 0.6) is 5.75 Å². The molecule has 0 bridgehead atoms. The summed E-state index contributed by atoms with van der Waals surface area (Å²) in [5.41, 5.74) is 2.20. The second-order valence-electron chi connectivity index (χ2n) is 10.0. The first kappa shape index (κ1) is 28.7. The number of ether oxygens (including phenoxy) is 2. The maximum Gasteiger partial charge on any atom is 0.338 e. The number of aromatic nitrogens is 1. The number of thiazole rings is 1. The predicted octanol–water partition coefficient (Wildman–Crippen LogP) is 6.65. The molecule has 0 spiro atoms. The van der Waals surface area contributed by atoms with Crippen molar-refractivity contribution in [3.63, 3.8) is 0 Å². The minimum absolute atomic E-state index is 0.193. The highest BCUT2D eigenvalue weighted by molar-refractivity contribution is 7.07. The number of halogens is 1. The van der Waals surface area contributed by atoms with Crippen molar-refractivity contribution < 1.29 is 18.7 Å². The van der Waals surface area contributed by atoms with Gasteiger partial charge in [0, 0.05) is 22.2 Å². The lowest BCUT2D eigenvalue weighted by atomic mass is 9.90. The zero-order valence-electron chi connectivity index (χ0n) is 23.9. The number of benzene rings is 3. The van der Waals surface area contributed by atoms with Gasteiger partial charge in [-0.25, -0.2) is 9.79 Å². The van der Waals surface area contributed by atoms with Gasteiger partial charge in [0.05, 0.1) is 29.5 Å². The Kier molecular flexibility index (Phi) is 8.06. The first-order valence-corrected chi connectivity index (χ1v) is 15.3. The lowest BCUT2D eigenvalue weighted by molar-refractivity contribution is -0.139. The molecule has 0 saturated carbocycles. The molecule has 9 heteroatoms. The molecule has 43 heavy (non-hydrogen) atoms. The van der Waals surface area contributed by atoms with E-state index in [-0.39, 0.29) is 12.2 Å². The Morgan fingerprint density at radius 1 is 1.09 bits per heavy atom. The molecule has 2 aromatic heterocycles. The third-order valence-electron chi connectivity index (χ3n) is 7.33. The molecule has 0 N–H and O–H groups in total. The van der Waals surface area contributed by atoms with Crippen LogP contribution in [0.15, 0.2) is 98.3 Å².